The molecule has 18 heavy (non-hydrogen) atoms. The van der Waals surface area contributed by atoms with E-state index in [4.69, 9.17) is 16.3 Å². The zero-order valence-electron chi connectivity index (χ0n) is 10.8. The van der Waals surface area contributed by atoms with Crippen LogP contribution in [0.25, 0.3) is 0 Å². The van der Waals surface area contributed by atoms with E-state index < -0.39 is 0 Å². The summed E-state index contributed by atoms with van der Waals surface area (Å²) in [5, 5.41) is 4.25. The minimum atomic E-state index is 0.759. The van der Waals surface area contributed by atoms with Crippen molar-refractivity contribution in [1.82, 2.24) is 5.32 Å². The maximum absolute atomic E-state index is 5.99. The molecule has 1 aromatic rings. The van der Waals surface area contributed by atoms with Crippen LogP contribution in [0, 0.1) is 0 Å². The molecule has 0 heterocycles. The maximum atomic E-state index is 5.99. The molecular weight excluding hydrogens is 246 g/mol. The predicted molar refractivity (Wildman–Crippen MR) is 76.5 cm³/mol. The number of halogens is 1. The lowest BCUT2D eigenvalue weighted by molar-refractivity contribution is 0.410. The van der Waals surface area contributed by atoms with Crippen molar-refractivity contribution in [2.45, 2.75) is 31.7 Å². The number of allylic oxidation sites excluding steroid dienone is 1. The van der Waals surface area contributed by atoms with Gasteiger partial charge in [-0.25, -0.2) is 0 Å². The molecule has 1 N–H and O–H groups in total. The fraction of sp³-hybridized carbons (Fsp3) is 0.467. The molecule has 0 aliphatic heterocycles. The quantitative estimate of drug-likeness (QED) is 0.601. The molecule has 0 saturated heterocycles. The van der Waals surface area contributed by atoms with Crippen molar-refractivity contribution < 1.29 is 4.74 Å². The Bertz CT molecular complexity index is 413. The summed E-state index contributed by atoms with van der Waals surface area (Å²) in [6, 6.07) is 6.53. The highest BCUT2D eigenvalue weighted by molar-refractivity contribution is 6.30. The molecule has 0 aromatic heterocycles. The Hall–Kier alpha value is -0.990. The van der Waals surface area contributed by atoms with Crippen LogP contribution in [-0.2, 0) is 6.42 Å². The number of hydrogen-bond acceptors (Lipinski definition) is 2. The van der Waals surface area contributed by atoms with Crippen LogP contribution in [-0.4, -0.2) is 19.7 Å². The first-order valence-corrected chi connectivity index (χ1v) is 6.88. The highest BCUT2D eigenvalue weighted by Gasteiger charge is 2.19. The lowest BCUT2D eigenvalue weighted by Crippen LogP contribution is -2.16. The highest BCUT2D eigenvalue weighted by Crippen LogP contribution is 2.23. The summed E-state index contributed by atoms with van der Waals surface area (Å²) in [5.74, 6) is 0.903. The molecule has 3 heteroatoms. The monoisotopic (exact) mass is 265 g/mol. The molecule has 1 fully saturated rings. The minimum absolute atomic E-state index is 0.759. The smallest absolute Gasteiger partial charge is 0.122 e. The Morgan fingerprint density at radius 1 is 1.39 bits per heavy atom. The van der Waals surface area contributed by atoms with E-state index in [0.717, 1.165) is 41.8 Å². The van der Waals surface area contributed by atoms with Crippen molar-refractivity contribution in [3.05, 3.63) is 40.9 Å². The Morgan fingerprint density at radius 3 is 2.94 bits per heavy atom. The van der Waals surface area contributed by atoms with Crippen molar-refractivity contribution >= 4 is 11.6 Å². The SMILES string of the molecule is COc1ccc(Cl)cc1CC=CCCNC1CC1. The van der Waals surface area contributed by atoms with Gasteiger partial charge in [-0.3, -0.25) is 0 Å². The Morgan fingerprint density at radius 2 is 2.22 bits per heavy atom. The first-order valence-electron chi connectivity index (χ1n) is 6.50. The van der Waals surface area contributed by atoms with Crippen LogP contribution in [0.15, 0.2) is 30.4 Å². The molecule has 1 aromatic carbocycles. The lowest BCUT2D eigenvalue weighted by Gasteiger charge is -2.06. The summed E-state index contributed by atoms with van der Waals surface area (Å²) >= 11 is 5.99. The molecule has 0 amide bonds. The van der Waals surface area contributed by atoms with Gasteiger partial charge in [0.05, 0.1) is 7.11 Å². The van der Waals surface area contributed by atoms with Crippen molar-refractivity contribution in [1.29, 1.82) is 0 Å². The summed E-state index contributed by atoms with van der Waals surface area (Å²) in [4.78, 5) is 0. The summed E-state index contributed by atoms with van der Waals surface area (Å²) in [6.45, 7) is 1.08. The summed E-state index contributed by atoms with van der Waals surface area (Å²) in [5.41, 5.74) is 1.14. The number of hydrogen-bond donors (Lipinski definition) is 1. The van der Waals surface area contributed by atoms with Gasteiger partial charge in [-0.15, -0.1) is 0 Å². The molecule has 0 radical (unpaired) electrons. The topological polar surface area (TPSA) is 21.3 Å². The zero-order valence-corrected chi connectivity index (χ0v) is 11.5. The van der Waals surface area contributed by atoms with E-state index >= 15 is 0 Å². The molecule has 0 unspecified atom stereocenters. The maximum Gasteiger partial charge on any atom is 0.122 e. The third-order valence-corrected chi connectivity index (χ3v) is 3.30. The van der Waals surface area contributed by atoms with E-state index in [2.05, 4.69) is 17.5 Å². The van der Waals surface area contributed by atoms with E-state index in [1.165, 1.54) is 12.8 Å². The van der Waals surface area contributed by atoms with Crippen molar-refractivity contribution in [3.8, 4) is 5.75 Å². The van der Waals surface area contributed by atoms with Gasteiger partial charge in [0.15, 0.2) is 0 Å². The second-order valence-electron chi connectivity index (χ2n) is 4.65. The third-order valence-electron chi connectivity index (χ3n) is 3.07. The van der Waals surface area contributed by atoms with Crippen LogP contribution >= 0.6 is 11.6 Å². The van der Waals surface area contributed by atoms with Gasteiger partial charge in [0.2, 0.25) is 0 Å². The molecule has 2 rings (SSSR count). The molecule has 1 aliphatic rings. The first kappa shape index (κ1) is 13.4. The van der Waals surface area contributed by atoms with Gasteiger partial charge in [-0.1, -0.05) is 23.8 Å². The van der Waals surface area contributed by atoms with E-state index in [1.807, 2.05) is 18.2 Å². The fourth-order valence-electron chi connectivity index (χ4n) is 1.89. The summed E-state index contributed by atoms with van der Waals surface area (Å²) in [7, 11) is 1.69. The Kier molecular flexibility index (Phi) is 5.09. The first-order chi connectivity index (χ1) is 8.79. The average Bonchev–Trinajstić information content (AvgIpc) is 3.18. The standard InChI is InChI=1S/C15H20ClNO/c1-18-15-9-6-13(16)11-12(15)5-3-2-4-10-17-14-7-8-14/h2-3,6,9,11,14,17H,4-5,7-8,10H2,1H3. The van der Waals surface area contributed by atoms with Gasteiger partial charge >= 0.3 is 0 Å². The van der Waals surface area contributed by atoms with Gasteiger partial charge in [-0.2, -0.15) is 0 Å². The van der Waals surface area contributed by atoms with Gasteiger partial charge in [0, 0.05) is 11.1 Å². The average molecular weight is 266 g/mol. The third kappa shape index (κ3) is 4.35. The number of benzene rings is 1. The van der Waals surface area contributed by atoms with Gasteiger partial charge in [0.25, 0.3) is 0 Å². The minimum Gasteiger partial charge on any atom is -0.496 e. The van der Waals surface area contributed by atoms with Crippen molar-refractivity contribution in [2.75, 3.05) is 13.7 Å². The number of nitrogens with one attached hydrogen (secondary N) is 1. The molecule has 1 aliphatic carbocycles. The van der Waals surface area contributed by atoms with Crippen LogP contribution in [0.5, 0.6) is 5.75 Å². The summed E-state index contributed by atoms with van der Waals surface area (Å²) < 4.78 is 5.31. The summed E-state index contributed by atoms with van der Waals surface area (Å²) in [6.07, 6.45) is 9.05. The van der Waals surface area contributed by atoms with Gasteiger partial charge in [-0.05, 0) is 56.0 Å². The van der Waals surface area contributed by atoms with Gasteiger partial charge < -0.3 is 10.1 Å². The molecular formula is C15H20ClNO. The Balaban J connectivity index is 1.76. The normalized spacial score (nSPS) is 15.2. The second kappa shape index (κ2) is 6.81. The van der Waals surface area contributed by atoms with Crippen LogP contribution in [0.2, 0.25) is 5.02 Å². The zero-order chi connectivity index (χ0) is 12.8. The Labute approximate surface area is 114 Å². The predicted octanol–water partition coefficient (Wildman–Crippen LogP) is 3.59. The van der Waals surface area contributed by atoms with Crippen LogP contribution in [0.3, 0.4) is 0 Å². The second-order valence-corrected chi connectivity index (χ2v) is 5.09. The van der Waals surface area contributed by atoms with Crippen molar-refractivity contribution in [2.24, 2.45) is 0 Å². The molecule has 0 bridgehead atoms. The van der Waals surface area contributed by atoms with E-state index in [9.17, 15) is 0 Å². The van der Waals surface area contributed by atoms with Crippen LogP contribution < -0.4 is 10.1 Å². The van der Waals surface area contributed by atoms with Crippen LogP contribution in [0.4, 0.5) is 0 Å². The number of methoxy groups -OCH3 is 1. The molecule has 0 spiro atoms. The molecule has 1 saturated carbocycles. The highest BCUT2D eigenvalue weighted by atomic mass is 35.5. The largest absolute Gasteiger partial charge is 0.496 e. The van der Waals surface area contributed by atoms with Gasteiger partial charge in [0.1, 0.15) is 5.75 Å². The molecule has 2 nitrogen and oxygen atoms in total. The molecule has 98 valence electrons. The van der Waals surface area contributed by atoms with E-state index in [1.54, 1.807) is 7.11 Å². The van der Waals surface area contributed by atoms with E-state index in [-0.39, 0.29) is 0 Å². The van der Waals surface area contributed by atoms with Crippen LogP contribution in [0.1, 0.15) is 24.8 Å². The van der Waals surface area contributed by atoms with E-state index in [0.29, 0.717) is 0 Å². The number of rotatable bonds is 7. The van der Waals surface area contributed by atoms with Crippen molar-refractivity contribution in [3.63, 3.8) is 0 Å². The molecule has 0 atom stereocenters. The lowest BCUT2D eigenvalue weighted by atomic mass is 10.1. The fourth-order valence-corrected chi connectivity index (χ4v) is 2.09. The number of ether oxygens (including phenoxy) is 1.